The van der Waals surface area contributed by atoms with Gasteiger partial charge in [0.1, 0.15) is 11.4 Å². The van der Waals surface area contributed by atoms with Gasteiger partial charge in [0, 0.05) is 18.5 Å². The molecule has 0 aliphatic carbocycles. The van der Waals surface area contributed by atoms with Crippen LogP contribution in [0.4, 0.5) is 5.82 Å². The SMILES string of the molecule is CCc1cccc(NC(=O)c2c(C)ccn(CC3CCCO3)c2=O)n1. The second-order valence-electron chi connectivity index (χ2n) is 6.29. The number of amides is 1. The number of hydrogen-bond acceptors (Lipinski definition) is 4. The van der Waals surface area contributed by atoms with Crippen LogP contribution in [-0.2, 0) is 17.7 Å². The first-order valence-corrected chi connectivity index (χ1v) is 8.67. The number of nitrogens with one attached hydrogen (secondary N) is 1. The van der Waals surface area contributed by atoms with Gasteiger partial charge in [-0.2, -0.15) is 0 Å². The molecule has 25 heavy (non-hydrogen) atoms. The molecule has 0 aromatic carbocycles. The first-order chi connectivity index (χ1) is 12.1. The molecule has 1 atom stereocenters. The van der Waals surface area contributed by atoms with E-state index in [0.29, 0.717) is 17.9 Å². The van der Waals surface area contributed by atoms with Crippen molar-refractivity contribution in [3.8, 4) is 0 Å². The molecule has 1 aliphatic rings. The molecule has 1 aliphatic heterocycles. The lowest BCUT2D eigenvalue weighted by atomic mass is 10.1. The van der Waals surface area contributed by atoms with E-state index in [-0.39, 0.29) is 17.2 Å². The Morgan fingerprint density at radius 1 is 1.40 bits per heavy atom. The molecule has 1 fully saturated rings. The predicted molar refractivity (Wildman–Crippen MR) is 96.0 cm³/mol. The molecule has 2 aromatic rings. The fraction of sp³-hybridized carbons (Fsp3) is 0.421. The van der Waals surface area contributed by atoms with Crippen LogP contribution in [0.3, 0.4) is 0 Å². The number of rotatable bonds is 5. The first kappa shape index (κ1) is 17.4. The minimum atomic E-state index is -0.426. The highest BCUT2D eigenvalue weighted by atomic mass is 16.5. The fourth-order valence-corrected chi connectivity index (χ4v) is 3.02. The van der Waals surface area contributed by atoms with Crippen LogP contribution in [-0.4, -0.2) is 28.2 Å². The number of aromatic nitrogens is 2. The van der Waals surface area contributed by atoms with Gasteiger partial charge in [-0.3, -0.25) is 9.59 Å². The Bertz CT molecular complexity index is 823. The molecular weight excluding hydrogens is 318 g/mol. The molecule has 1 saturated heterocycles. The van der Waals surface area contributed by atoms with Crippen molar-refractivity contribution in [2.45, 2.75) is 45.8 Å². The molecule has 1 unspecified atom stereocenters. The number of aryl methyl sites for hydroxylation is 2. The third-order valence-corrected chi connectivity index (χ3v) is 4.44. The Balaban J connectivity index is 1.84. The van der Waals surface area contributed by atoms with Crippen LogP contribution in [0.25, 0.3) is 0 Å². The van der Waals surface area contributed by atoms with Crippen LogP contribution < -0.4 is 10.9 Å². The highest BCUT2D eigenvalue weighted by Gasteiger charge is 2.20. The van der Waals surface area contributed by atoms with Gasteiger partial charge in [-0.05, 0) is 49.9 Å². The Hall–Kier alpha value is -2.47. The standard InChI is InChI=1S/C19H23N3O3/c1-3-14-6-4-8-16(20-14)21-18(23)17-13(2)9-10-22(19(17)24)12-15-7-5-11-25-15/h4,6,8-10,15H,3,5,7,11-12H2,1-2H3,(H,20,21,23). The fourth-order valence-electron chi connectivity index (χ4n) is 3.02. The number of hydrogen-bond donors (Lipinski definition) is 1. The molecule has 1 N–H and O–H groups in total. The van der Waals surface area contributed by atoms with Gasteiger partial charge in [0.25, 0.3) is 11.5 Å². The van der Waals surface area contributed by atoms with E-state index in [4.69, 9.17) is 4.74 Å². The second kappa shape index (κ2) is 7.61. The number of carbonyl (C=O) groups excluding carboxylic acids is 1. The first-order valence-electron chi connectivity index (χ1n) is 8.67. The lowest BCUT2D eigenvalue weighted by Gasteiger charge is -2.14. The maximum absolute atomic E-state index is 12.8. The third kappa shape index (κ3) is 3.96. The number of ether oxygens (including phenoxy) is 1. The van der Waals surface area contributed by atoms with Crippen LogP contribution in [0.5, 0.6) is 0 Å². The van der Waals surface area contributed by atoms with Crippen molar-refractivity contribution in [1.29, 1.82) is 0 Å². The molecule has 3 heterocycles. The monoisotopic (exact) mass is 341 g/mol. The molecule has 0 spiro atoms. The summed E-state index contributed by atoms with van der Waals surface area (Å²) in [6.07, 6.45) is 4.50. The molecular formula is C19H23N3O3. The molecule has 0 saturated carbocycles. The Kier molecular flexibility index (Phi) is 5.28. The molecule has 2 aromatic heterocycles. The molecule has 0 radical (unpaired) electrons. The van der Waals surface area contributed by atoms with E-state index in [9.17, 15) is 9.59 Å². The smallest absolute Gasteiger partial charge is 0.263 e. The lowest BCUT2D eigenvalue weighted by molar-refractivity contribution is 0.0952. The van der Waals surface area contributed by atoms with Crippen molar-refractivity contribution in [3.63, 3.8) is 0 Å². The Morgan fingerprint density at radius 2 is 2.24 bits per heavy atom. The van der Waals surface area contributed by atoms with E-state index in [0.717, 1.165) is 31.6 Å². The van der Waals surface area contributed by atoms with Crippen LogP contribution >= 0.6 is 0 Å². The largest absolute Gasteiger partial charge is 0.376 e. The second-order valence-corrected chi connectivity index (χ2v) is 6.29. The molecule has 6 heteroatoms. The van der Waals surface area contributed by atoms with Gasteiger partial charge in [0.2, 0.25) is 0 Å². The van der Waals surface area contributed by atoms with Crippen molar-refractivity contribution in [3.05, 3.63) is 57.6 Å². The van der Waals surface area contributed by atoms with Gasteiger partial charge in [0.15, 0.2) is 0 Å². The summed E-state index contributed by atoms with van der Waals surface area (Å²) in [6, 6.07) is 7.26. The average molecular weight is 341 g/mol. The molecule has 3 rings (SSSR count). The maximum atomic E-state index is 12.8. The highest BCUT2D eigenvalue weighted by molar-refractivity contribution is 6.04. The van der Waals surface area contributed by atoms with E-state index in [1.54, 1.807) is 29.8 Å². The average Bonchev–Trinajstić information content (AvgIpc) is 3.11. The van der Waals surface area contributed by atoms with Gasteiger partial charge in [-0.15, -0.1) is 0 Å². The van der Waals surface area contributed by atoms with E-state index in [1.807, 2.05) is 19.1 Å². The van der Waals surface area contributed by atoms with Crippen molar-refractivity contribution < 1.29 is 9.53 Å². The van der Waals surface area contributed by atoms with Gasteiger partial charge in [-0.25, -0.2) is 4.98 Å². The van der Waals surface area contributed by atoms with E-state index < -0.39 is 5.91 Å². The molecule has 132 valence electrons. The van der Waals surface area contributed by atoms with E-state index in [1.165, 1.54) is 0 Å². The van der Waals surface area contributed by atoms with Crippen molar-refractivity contribution in [2.24, 2.45) is 0 Å². The molecule has 0 bridgehead atoms. The van der Waals surface area contributed by atoms with Crippen LogP contribution in [0.1, 0.15) is 41.4 Å². The summed E-state index contributed by atoms with van der Waals surface area (Å²) in [7, 11) is 0. The zero-order valence-corrected chi connectivity index (χ0v) is 14.6. The minimum Gasteiger partial charge on any atom is -0.376 e. The summed E-state index contributed by atoms with van der Waals surface area (Å²) in [5.41, 5.74) is 1.40. The highest BCUT2D eigenvalue weighted by Crippen LogP contribution is 2.14. The van der Waals surface area contributed by atoms with E-state index in [2.05, 4.69) is 10.3 Å². The number of carbonyl (C=O) groups is 1. The van der Waals surface area contributed by atoms with Gasteiger partial charge >= 0.3 is 0 Å². The topological polar surface area (TPSA) is 73.2 Å². The Labute approximate surface area is 146 Å². The summed E-state index contributed by atoms with van der Waals surface area (Å²) in [4.78, 5) is 29.8. The zero-order valence-electron chi connectivity index (χ0n) is 14.6. The summed E-state index contributed by atoms with van der Waals surface area (Å²) in [5.74, 6) is 0.0302. The predicted octanol–water partition coefficient (Wildman–Crippen LogP) is 2.55. The summed E-state index contributed by atoms with van der Waals surface area (Å²) < 4.78 is 7.16. The number of nitrogens with zero attached hydrogens (tertiary/aromatic N) is 2. The Morgan fingerprint density at radius 3 is 2.96 bits per heavy atom. The van der Waals surface area contributed by atoms with E-state index >= 15 is 0 Å². The van der Waals surface area contributed by atoms with Crippen molar-refractivity contribution in [1.82, 2.24) is 9.55 Å². The summed E-state index contributed by atoms with van der Waals surface area (Å²) in [5, 5.41) is 2.74. The van der Waals surface area contributed by atoms with Crippen LogP contribution in [0.15, 0.2) is 35.3 Å². The maximum Gasteiger partial charge on any atom is 0.263 e. The quantitative estimate of drug-likeness (QED) is 0.907. The van der Waals surface area contributed by atoms with Gasteiger partial charge in [0.05, 0.1) is 12.6 Å². The minimum absolute atomic E-state index is 0.0409. The third-order valence-electron chi connectivity index (χ3n) is 4.44. The van der Waals surface area contributed by atoms with Gasteiger partial charge < -0.3 is 14.6 Å². The summed E-state index contributed by atoms with van der Waals surface area (Å²) >= 11 is 0. The summed E-state index contributed by atoms with van der Waals surface area (Å²) in [6.45, 7) is 4.97. The molecule has 6 nitrogen and oxygen atoms in total. The number of pyridine rings is 2. The van der Waals surface area contributed by atoms with Crippen LogP contribution in [0, 0.1) is 6.92 Å². The van der Waals surface area contributed by atoms with Crippen molar-refractivity contribution in [2.75, 3.05) is 11.9 Å². The van der Waals surface area contributed by atoms with Crippen LogP contribution in [0.2, 0.25) is 0 Å². The van der Waals surface area contributed by atoms with Gasteiger partial charge in [-0.1, -0.05) is 13.0 Å². The molecule has 1 amide bonds. The van der Waals surface area contributed by atoms with Crippen molar-refractivity contribution >= 4 is 11.7 Å². The lowest BCUT2D eigenvalue weighted by Crippen LogP contribution is -2.33. The normalized spacial score (nSPS) is 16.8. The zero-order chi connectivity index (χ0) is 17.8. The number of anilines is 1.